The molecule has 0 radical (unpaired) electrons. The number of carbonyl (C=O) groups is 2. The second kappa shape index (κ2) is 4.55. The zero-order chi connectivity index (χ0) is 12.6. The lowest BCUT2D eigenvalue weighted by atomic mass is 10.1. The van der Waals surface area contributed by atoms with Crippen molar-refractivity contribution in [2.24, 2.45) is 0 Å². The number of amides is 3. The fraction of sp³-hybridized carbons (Fsp3) is 0.778. The molecule has 0 aliphatic carbocycles. The van der Waals surface area contributed by atoms with E-state index in [-0.39, 0.29) is 13.0 Å². The molecule has 8 heteroatoms. The Morgan fingerprint density at radius 2 is 2.24 bits per heavy atom. The van der Waals surface area contributed by atoms with Crippen LogP contribution in [0.1, 0.15) is 6.42 Å². The van der Waals surface area contributed by atoms with Gasteiger partial charge in [0.25, 0.3) is 0 Å². The Hall–Kier alpha value is -1.25. The highest BCUT2D eigenvalue weighted by Crippen LogP contribution is 2.27. The Balaban J connectivity index is 2.08. The smallest absolute Gasteiger partial charge is 0.326 e. The minimum absolute atomic E-state index is 0.0284. The molecule has 17 heavy (non-hydrogen) atoms. The number of hydrogen-bond donors (Lipinski definition) is 3. The molecule has 2 fully saturated rings. The molecule has 0 spiro atoms. The highest BCUT2D eigenvalue weighted by atomic mass is 19.1. The largest absolute Gasteiger partial charge is 0.394 e. The molecule has 2 heterocycles. The second-order valence-corrected chi connectivity index (χ2v) is 3.98. The van der Waals surface area contributed by atoms with Crippen LogP contribution in [0.15, 0.2) is 0 Å². The van der Waals surface area contributed by atoms with Crippen LogP contribution in [0, 0.1) is 0 Å². The first-order chi connectivity index (χ1) is 8.04. The first kappa shape index (κ1) is 12.2. The van der Waals surface area contributed by atoms with E-state index < -0.39 is 43.2 Å². The van der Waals surface area contributed by atoms with Gasteiger partial charge >= 0.3 is 6.03 Å². The number of carbonyl (C=O) groups excluding carboxylic acids is 2. The van der Waals surface area contributed by atoms with Crippen LogP contribution >= 0.6 is 0 Å². The van der Waals surface area contributed by atoms with Crippen LogP contribution in [0.2, 0.25) is 0 Å². The van der Waals surface area contributed by atoms with Gasteiger partial charge in [0.1, 0.15) is 12.2 Å². The maximum Gasteiger partial charge on any atom is 0.326 e. The summed E-state index contributed by atoms with van der Waals surface area (Å²) in [4.78, 5) is 23.4. The van der Waals surface area contributed by atoms with Crippen LogP contribution in [0.4, 0.5) is 9.18 Å². The minimum atomic E-state index is -1.80. The standard InChI is InChI=1S/C9H13FN2O5/c10-6-7(15)4(3-13)17-8(6)12-2-1-5(14)11-9(12)16/h4,6-8,13,15H,1-3H2,(H,11,14,16)/t4-,6?,7?,8-/m1/s1. The first-order valence-corrected chi connectivity index (χ1v) is 5.23. The third-order valence-corrected chi connectivity index (χ3v) is 2.87. The number of nitrogens with one attached hydrogen (secondary N) is 1. The molecule has 96 valence electrons. The monoisotopic (exact) mass is 248 g/mol. The number of aliphatic hydroxyl groups is 2. The lowest BCUT2D eigenvalue weighted by Gasteiger charge is -2.32. The molecule has 2 aliphatic rings. The van der Waals surface area contributed by atoms with E-state index in [1.807, 2.05) is 5.32 Å². The van der Waals surface area contributed by atoms with E-state index in [0.717, 1.165) is 4.90 Å². The van der Waals surface area contributed by atoms with Crippen molar-refractivity contribution in [1.82, 2.24) is 10.2 Å². The van der Waals surface area contributed by atoms with Crippen molar-refractivity contribution in [3.63, 3.8) is 0 Å². The Bertz CT molecular complexity index is 339. The number of nitrogens with zero attached hydrogens (tertiary/aromatic N) is 1. The normalized spacial score (nSPS) is 38.4. The SMILES string of the molecule is O=C1CCN([C@@H]2O[C@H](CO)C(O)C2F)C(=O)N1. The molecule has 0 aromatic heterocycles. The van der Waals surface area contributed by atoms with E-state index in [2.05, 4.69) is 0 Å². The second-order valence-electron chi connectivity index (χ2n) is 3.98. The van der Waals surface area contributed by atoms with E-state index in [0.29, 0.717) is 0 Å². The van der Waals surface area contributed by atoms with Crippen molar-refractivity contribution >= 4 is 11.9 Å². The average molecular weight is 248 g/mol. The fourth-order valence-electron chi connectivity index (χ4n) is 1.92. The molecule has 0 saturated carbocycles. The van der Waals surface area contributed by atoms with Gasteiger partial charge in [-0.05, 0) is 0 Å². The molecule has 4 atom stereocenters. The van der Waals surface area contributed by atoms with Crippen molar-refractivity contribution in [3.8, 4) is 0 Å². The first-order valence-electron chi connectivity index (χ1n) is 5.23. The summed E-state index contributed by atoms with van der Waals surface area (Å²) in [6, 6.07) is -0.750. The third kappa shape index (κ3) is 2.11. The van der Waals surface area contributed by atoms with Crippen molar-refractivity contribution in [2.45, 2.75) is 31.0 Å². The number of hydrogen-bond acceptors (Lipinski definition) is 5. The summed E-state index contributed by atoms with van der Waals surface area (Å²) >= 11 is 0. The number of urea groups is 1. The molecular weight excluding hydrogens is 235 g/mol. The molecule has 2 rings (SSSR count). The molecule has 2 unspecified atom stereocenters. The van der Waals surface area contributed by atoms with Gasteiger partial charge in [0.2, 0.25) is 5.91 Å². The number of aliphatic hydroxyl groups excluding tert-OH is 2. The summed E-state index contributed by atoms with van der Waals surface area (Å²) in [5.74, 6) is -0.432. The molecule has 0 aromatic rings. The van der Waals surface area contributed by atoms with Crippen LogP contribution in [0.5, 0.6) is 0 Å². The zero-order valence-electron chi connectivity index (χ0n) is 8.88. The van der Waals surface area contributed by atoms with Gasteiger partial charge in [0.15, 0.2) is 12.4 Å². The van der Waals surface area contributed by atoms with E-state index in [1.54, 1.807) is 0 Å². The van der Waals surface area contributed by atoms with E-state index in [1.165, 1.54) is 0 Å². The van der Waals surface area contributed by atoms with Gasteiger partial charge in [-0.3, -0.25) is 15.0 Å². The molecular formula is C9H13FN2O5. The van der Waals surface area contributed by atoms with Crippen molar-refractivity contribution in [1.29, 1.82) is 0 Å². The van der Waals surface area contributed by atoms with Crippen LogP contribution in [0.3, 0.4) is 0 Å². The summed E-state index contributed by atoms with van der Waals surface area (Å²) in [6.45, 7) is -0.507. The summed E-state index contributed by atoms with van der Waals surface area (Å²) in [6.07, 6.45) is -5.55. The average Bonchev–Trinajstić information content (AvgIpc) is 2.57. The summed E-state index contributed by atoms with van der Waals surface area (Å²) in [5.41, 5.74) is 0. The molecule has 3 N–H and O–H groups in total. The number of rotatable bonds is 2. The van der Waals surface area contributed by atoms with Crippen molar-refractivity contribution in [2.75, 3.05) is 13.2 Å². The minimum Gasteiger partial charge on any atom is -0.394 e. The van der Waals surface area contributed by atoms with Crippen LogP contribution in [-0.2, 0) is 9.53 Å². The highest BCUT2D eigenvalue weighted by Gasteiger charge is 2.48. The molecule has 0 aromatic carbocycles. The Morgan fingerprint density at radius 3 is 2.76 bits per heavy atom. The predicted molar refractivity (Wildman–Crippen MR) is 51.5 cm³/mol. The lowest BCUT2D eigenvalue weighted by molar-refractivity contribution is -0.124. The van der Waals surface area contributed by atoms with Gasteiger partial charge in [-0.2, -0.15) is 0 Å². The molecule has 7 nitrogen and oxygen atoms in total. The van der Waals surface area contributed by atoms with E-state index in [4.69, 9.17) is 9.84 Å². The van der Waals surface area contributed by atoms with Gasteiger partial charge in [0, 0.05) is 13.0 Å². The Labute approximate surface area is 96.1 Å². The van der Waals surface area contributed by atoms with E-state index in [9.17, 15) is 19.1 Å². The van der Waals surface area contributed by atoms with Crippen molar-refractivity contribution < 1.29 is 28.9 Å². The molecule has 2 saturated heterocycles. The Kier molecular flexibility index (Phi) is 3.27. The zero-order valence-corrected chi connectivity index (χ0v) is 8.88. The van der Waals surface area contributed by atoms with Crippen LogP contribution in [-0.4, -0.2) is 64.8 Å². The van der Waals surface area contributed by atoms with Gasteiger partial charge in [-0.15, -0.1) is 0 Å². The number of halogens is 1. The maximum atomic E-state index is 13.7. The third-order valence-electron chi connectivity index (χ3n) is 2.87. The predicted octanol–water partition coefficient (Wildman–Crippen LogP) is -1.66. The topological polar surface area (TPSA) is 99.1 Å². The van der Waals surface area contributed by atoms with Crippen molar-refractivity contribution in [3.05, 3.63) is 0 Å². The summed E-state index contributed by atoms with van der Waals surface area (Å²) < 4.78 is 18.7. The van der Waals surface area contributed by atoms with E-state index >= 15 is 0 Å². The molecule has 0 bridgehead atoms. The van der Waals surface area contributed by atoms with Crippen LogP contribution < -0.4 is 5.32 Å². The maximum absolute atomic E-state index is 13.7. The number of imide groups is 1. The van der Waals surface area contributed by atoms with Gasteiger partial charge in [-0.25, -0.2) is 9.18 Å². The van der Waals surface area contributed by atoms with Gasteiger partial charge < -0.3 is 14.9 Å². The summed E-state index contributed by atoms with van der Waals surface area (Å²) in [5, 5.41) is 20.3. The van der Waals surface area contributed by atoms with Crippen LogP contribution in [0.25, 0.3) is 0 Å². The quantitative estimate of drug-likeness (QED) is 0.543. The molecule has 3 amide bonds. The van der Waals surface area contributed by atoms with Gasteiger partial charge in [-0.1, -0.05) is 0 Å². The number of alkyl halides is 1. The number of ether oxygens (including phenoxy) is 1. The highest BCUT2D eigenvalue weighted by molar-refractivity contribution is 5.96. The fourth-order valence-corrected chi connectivity index (χ4v) is 1.92. The Morgan fingerprint density at radius 1 is 1.53 bits per heavy atom. The summed E-state index contributed by atoms with van der Waals surface area (Å²) in [7, 11) is 0. The molecule has 2 aliphatic heterocycles. The van der Waals surface area contributed by atoms with Gasteiger partial charge in [0.05, 0.1) is 6.61 Å². The lowest BCUT2D eigenvalue weighted by Crippen LogP contribution is -2.55.